The van der Waals surface area contributed by atoms with E-state index in [0.29, 0.717) is 6.54 Å². The number of rotatable bonds is 5. The van der Waals surface area contributed by atoms with E-state index in [-0.39, 0.29) is 17.9 Å². The Morgan fingerprint density at radius 2 is 1.73 bits per heavy atom. The Labute approximate surface area is 132 Å². The molecule has 0 heterocycles. The van der Waals surface area contributed by atoms with Crippen LogP contribution in [-0.4, -0.2) is 29.3 Å². The molecule has 2 rings (SSSR count). The number of carbonyl (C=O) groups excluding carboxylic acids is 2. The zero-order valence-corrected chi connectivity index (χ0v) is 13.5. The summed E-state index contributed by atoms with van der Waals surface area (Å²) >= 11 is 0. The van der Waals surface area contributed by atoms with Gasteiger partial charge < -0.3 is 10.6 Å². The van der Waals surface area contributed by atoms with Crippen LogP contribution in [0.4, 0.5) is 4.79 Å². The van der Waals surface area contributed by atoms with E-state index in [2.05, 4.69) is 6.92 Å². The summed E-state index contributed by atoms with van der Waals surface area (Å²) in [5.74, 6) is 0.826. The van der Waals surface area contributed by atoms with Crippen molar-refractivity contribution in [1.82, 2.24) is 4.90 Å². The second kappa shape index (κ2) is 7.43. The van der Waals surface area contributed by atoms with E-state index >= 15 is 0 Å². The Hall–Kier alpha value is -1.84. The summed E-state index contributed by atoms with van der Waals surface area (Å²) in [5.41, 5.74) is 7.42. The third-order valence-electron chi connectivity index (χ3n) is 4.71. The molecule has 22 heavy (non-hydrogen) atoms. The minimum Gasteiger partial charge on any atom is -0.351 e. The summed E-state index contributed by atoms with van der Waals surface area (Å²) in [7, 11) is 0. The van der Waals surface area contributed by atoms with Crippen LogP contribution in [0.3, 0.4) is 0 Å². The highest BCUT2D eigenvalue weighted by atomic mass is 16.2. The van der Waals surface area contributed by atoms with Crippen molar-refractivity contribution in [2.75, 3.05) is 6.54 Å². The van der Waals surface area contributed by atoms with Gasteiger partial charge in [0.2, 0.25) is 0 Å². The van der Waals surface area contributed by atoms with Gasteiger partial charge in [-0.15, -0.1) is 0 Å². The standard InChI is InChI=1S/C18H26N2O2/c1-13-3-9-17(10-4-13)20(18(19)22)12-11-15-5-7-16(8-6-15)14(2)21/h5-8,13,17H,3-4,9-12H2,1-2H3,(H2,19,22)/t13-,17-. The largest absolute Gasteiger partial charge is 0.351 e. The summed E-state index contributed by atoms with van der Waals surface area (Å²) in [6.45, 7) is 4.48. The first-order chi connectivity index (χ1) is 10.5. The molecular weight excluding hydrogens is 276 g/mol. The van der Waals surface area contributed by atoms with Gasteiger partial charge in [-0.05, 0) is 50.5 Å². The molecule has 4 heteroatoms. The van der Waals surface area contributed by atoms with Gasteiger partial charge in [0.1, 0.15) is 0 Å². The molecule has 2 N–H and O–H groups in total. The molecule has 1 aliphatic rings. The van der Waals surface area contributed by atoms with E-state index in [1.54, 1.807) is 6.92 Å². The lowest BCUT2D eigenvalue weighted by atomic mass is 9.86. The number of carbonyl (C=O) groups is 2. The third-order valence-corrected chi connectivity index (χ3v) is 4.71. The van der Waals surface area contributed by atoms with E-state index in [1.807, 2.05) is 29.2 Å². The smallest absolute Gasteiger partial charge is 0.315 e. The van der Waals surface area contributed by atoms with Gasteiger partial charge in [0.25, 0.3) is 0 Å². The van der Waals surface area contributed by atoms with Crippen LogP contribution in [0, 0.1) is 5.92 Å². The number of amides is 2. The Balaban J connectivity index is 1.94. The zero-order valence-electron chi connectivity index (χ0n) is 13.5. The first-order valence-electron chi connectivity index (χ1n) is 8.13. The lowest BCUT2D eigenvalue weighted by Gasteiger charge is -2.35. The van der Waals surface area contributed by atoms with Gasteiger partial charge in [-0.3, -0.25) is 4.79 Å². The minimum absolute atomic E-state index is 0.0710. The van der Waals surface area contributed by atoms with Crippen molar-refractivity contribution < 1.29 is 9.59 Å². The molecule has 0 saturated heterocycles. The van der Waals surface area contributed by atoms with Gasteiger partial charge >= 0.3 is 6.03 Å². The monoisotopic (exact) mass is 302 g/mol. The predicted molar refractivity (Wildman–Crippen MR) is 87.9 cm³/mol. The number of nitrogens with two attached hydrogens (primary N) is 1. The third kappa shape index (κ3) is 4.33. The Morgan fingerprint density at radius 1 is 1.14 bits per heavy atom. The highest BCUT2D eigenvalue weighted by molar-refractivity contribution is 5.94. The number of primary amides is 1. The molecule has 2 amide bonds. The predicted octanol–water partition coefficient (Wildman–Crippen LogP) is 3.39. The summed E-state index contributed by atoms with van der Waals surface area (Å²) in [6.07, 6.45) is 5.21. The van der Waals surface area contributed by atoms with Gasteiger partial charge in [0.15, 0.2) is 5.78 Å². The number of Topliss-reactive ketones (excluding diaryl/α,β-unsaturated/α-hetero) is 1. The first-order valence-corrected chi connectivity index (χ1v) is 8.13. The van der Waals surface area contributed by atoms with Crippen LogP contribution in [0.2, 0.25) is 0 Å². The second-order valence-corrected chi connectivity index (χ2v) is 6.45. The van der Waals surface area contributed by atoms with Crippen LogP contribution in [0.5, 0.6) is 0 Å². The molecule has 0 radical (unpaired) electrons. The Bertz CT molecular complexity index is 516. The fourth-order valence-electron chi connectivity index (χ4n) is 3.18. The lowest BCUT2D eigenvalue weighted by Crippen LogP contribution is -2.46. The van der Waals surface area contributed by atoms with Crippen molar-refractivity contribution in [2.24, 2.45) is 11.7 Å². The molecule has 1 aliphatic carbocycles. The van der Waals surface area contributed by atoms with Crippen LogP contribution in [0.25, 0.3) is 0 Å². The molecule has 0 unspecified atom stereocenters. The fourth-order valence-corrected chi connectivity index (χ4v) is 3.18. The van der Waals surface area contributed by atoms with Crippen LogP contribution in [0.15, 0.2) is 24.3 Å². The van der Waals surface area contributed by atoms with E-state index in [1.165, 1.54) is 12.8 Å². The molecule has 4 nitrogen and oxygen atoms in total. The van der Waals surface area contributed by atoms with E-state index in [9.17, 15) is 9.59 Å². The summed E-state index contributed by atoms with van der Waals surface area (Å²) in [5, 5.41) is 0. The molecule has 120 valence electrons. The molecule has 0 bridgehead atoms. The van der Waals surface area contributed by atoms with Crippen molar-refractivity contribution in [3.8, 4) is 0 Å². The van der Waals surface area contributed by atoms with Crippen LogP contribution in [0.1, 0.15) is 55.5 Å². The molecule has 1 aromatic carbocycles. The number of nitrogens with zero attached hydrogens (tertiary/aromatic N) is 1. The molecule has 0 aliphatic heterocycles. The average Bonchev–Trinajstić information content (AvgIpc) is 2.49. The van der Waals surface area contributed by atoms with Gasteiger partial charge in [-0.1, -0.05) is 31.2 Å². The zero-order chi connectivity index (χ0) is 16.1. The van der Waals surface area contributed by atoms with E-state index in [0.717, 1.165) is 36.3 Å². The Kier molecular flexibility index (Phi) is 5.58. The molecular formula is C18H26N2O2. The average molecular weight is 302 g/mol. The number of benzene rings is 1. The van der Waals surface area contributed by atoms with Crippen LogP contribution in [-0.2, 0) is 6.42 Å². The van der Waals surface area contributed by atoms with Crippen molar-refractivity contribution in [2.45, 2.75) is 52.0 Å². The van der Waals surface area contributed by atoms with Gasteiger partial charge in [-0.25, -0.2) is 4.79 Å². The summed E-state index contributed by atoms with van der Waals surface area (Å²) in [4.78, 5) is 24.8. The fraction of sp³-hybridized carbons (Fsp3) is 0.556. The maximum Gasteiger partial charge on any atom is 0.315 e. The number of urea groups is 1. The summed E-state index contributed by atoms with van der Waals surface area (Å²) in [6, 6.07) is 7.56. The molecule has 1 fully saturated rings. The molecule has 1 saturated carbocycles. The van der Waals surface area contributed by atoms with Crippen molar-refractivity contribution in [1.29, 1.82) is 0 Å². The Morgan fingerprint density at radius 3 is 2.23 bits per heavy atom. The maximum absolute atomic E-state index is 11.7. The van der Waals surface area contributed by atoms with Gasteiger partial charge in [-0.2, -0.15) is 0 Å². The number of hydrogen-bond donors (Lipinski definition) is 1. The second-order valence-electron chi connectivity index (χ2n) is 6.45. The van der Waals surface area contributed by atoms with Gasteiger partial charge in [0.05, 0.1) is 0 Å². The van der Waals surface area contributed by atoms with E-state index < -0.39 is 0 Å². The van der Waals surface area contributed by atoms with Crippen molar-refractivity contribution in [3.05, 3.63) is 35.4 Å². The minimum atomic E-state index is -0.320. The summed E-state index contributed by atoms with van der Waals surface area (Å²) < 4.78 is 0. The van der Waals surface area contributed by atoms with Gasteiger partial charge in [0, 0.05) is 18.2 Å². The van der Waals surface area contributed by atoms with Crippen molar-refractivity contribution in [3.63, 3.8) is 0 Å². The molecule has 0 aromatic heterocycles. The topological polar surface area (TPSA) is 63.4 Å². The number of ketones is 1. The maximum atomic E-state index is 11.7. The molecule has 1 aromatic rings. The SMILES string of the molecule is CC(=O)c1ccc(CCN(C(N)=O)[C@H]2CC[C@H](C)CC2)cc1. The van der Waals surface area contributed by atoms with Crippen molar-refractivity contribution >= 4 is 11.8 Å². The van der Waals surface area contributed by atoms with Crippen LogP contribution < -0.4 is 5.73 Å². The molecule has 0 spiro atoms. The molecule has 0 atom stereocenters. The number of hydrogen-bond acceptors (Lipinski definition) is 2. The van der Waals surface area contributed by atoms with E-state index in [4.69, 9.17) is 5.73 Å². The highest BCUT2D eigenvalue weighted by Gasteiger charge is 2.25. The lowest BCUT2D eigenvalue weighted by molar-refractivity contribution is 0.101. The first kappa shape index (κ1) is 16.5. The van der Waals surface area contributed by atoms with Crippen LogP contribution >= 0.6 is 0 Å². The normalized spacial score (nSPS) is 21.4. The highest BCUT2D eigenvalue weighted by Crippen LogP contribution is 2.27. The quantitative estimate of drug-likeness (QED) is 0.847.